The molecule has 0 bridgehead atoms. The van der Waals surface area contributed by atoms with Gasteiger partial charge in [0, 0.05) is 22.6 Å². The van der Waals surface area contributed by atoms with Crippen LogP contribution in [0.15, 0.2) is 40.1 Å². The van der Waals surface area contributed by atoms with Crippen molar-refractivity contribution >= 4 is 39.3 Å². The van der Waals surface area contributed by atoms with E-state index in [1.165, 1.54) is 31.5 Å². The van der Waals surface area contributed by atoms with Gasteiger partial charge in [-0.25, -0.2) is 18.6 Å². The zero-order valence-electron chi connectivity index (χ0n) is 16.2. The summed E-state index contributed by atoms with van der Waals surface area (Å²) in [7, 11) is 1.49. The Kier molecular flexibility index (Phi) is 5.15. The number of carbonyl (C=O) groups is 2. The highest BCUT2D eigenvalue weighted by Crippen LogP contribution is 2.38. The number of methoxy groups -OCH3 is 1. The van der Waals surface area contributed by atoms with Gasteiger partial charge >= 0.3 is 11.9 Å². The van der Waals surface area contributed by atoms with Gasteiger partial charge in [-0.15, -0.1) is 11.3 Å². The van der Waals surface area contributed by atoms with Crippen LogP contribution in [0.25, 0.3) is 22.2 Å². The fourth-order valence-corrected chi connectivity index (χ4v) is 3.95. The van der Waals surface area contributed by atoms with Crippen LogP contribution in [0.4, 0.5) is 13.8 Å². The van der Waals surface area contributed by atoms with E-state index < -0.39 is 23.5 Å². The van der Waals surface area contributed by atoms with E-state index >= 15 is 0 Å². The first-order valence-corrected chi connectivity index (χ1v) is 9.73. The number of carboxylic acid groups (broad SMARTS) is 1. The molecule has 0 aliphatic heterocycles. The van der Waals surface area contributed by atoms with Gasteiger partial charge in [0.15, 0.2) is 17.2 Å². The zero-order chi connectivity index (χ0) is 22.3. The van der Waals surface area contributed by atoms with Crippen molar-refractivity contribution in [3.05, 3.63) is 64.4 Å². The number of thiophene rings is 1. The maximum absolute atomic E-state index is 14.4. The van der Waals surface area contributed by atoms with E-state index in [1.807, 2.05) is 0 Å². The molecule has 7 nitrogen and oxygen atoms in total. The summed E-state index contributed by atoms with van der Waals surface area (Å²) in [4.78, 5) is 28.5. The number of ether oxygens (including phenoxy) is 1. The van der Waals surface area contributed by atoms with Crippen LogP contribution in [0.3, 0.4) is 0 Å². The van der Waals surface area contributed by atoms with Crippen LogP contribution in [-0.2, 0) is 0 Å². The summed E-state index contributed by atoms with van der Waals surface area (Å²) in [6.07, 6.45) is 0. The fraction of sp³-hybridized carbons (Fsp3) is 0.0952. The Morgan fingerprint density at radius 1 is 1.16 bits per heavy atom. The van der Waals surface area contributed by atoms with Crippen molar-refractivity contribution < 1.29 is 32.6 Å². The number of halogens is 2. The van der Waals surface area contributed by atoms with Crippen LogP contribution >= 0.6 is 11.3 Å². The Hall–Kier alpha value is -3.79. The summed E-state index contributed by atoms with van der Waals surface area (Å²) in [6, 6.07) is 7.44. The molecule has 1 amide bonds. The average Bonchev–Trinajstić information content (AvgIpc) is 3.35. The van der Waals surface area contributed by atoms with E-state index in [0.29, 0.717) is 16.8 Å². The fourth-order valence-electron chi connectivity index (χ4n) is 3.00. The van der Waals surface area contributed by atoms with Crippen molar-refractivity contribution in [2.75, 3.05) is 12.4 Å². The zero-order valence-corrected chi connectivity index (χ0v) is 17.0. The Morgan fingerprint density at radius 3 is 2.65 bits per heavy atom. The van der Waals surface area contributed by atoms with Crippen molar-refractivity contribution in [2.24, 2.45) is 0 Å². The van der Waals surface area contributed by atoms with Crippen molar-refractivity contribution in [2.45, 2.75) is 6.92 Å². The number of anilines is 1. The van der Waals surface area contributed by atoms with Crippen LogP contribution in [0, 0.1) is 18.6 Å². The minimum Gasteiger partial charge on any atom is -0.497 e. The molecule has 10 heteroatoms. The summed E-state index contributed by atoms with van der Waals surface area (Å²) < 4.78 is 38.9. The minimum atomic E-state index is -1.41. The molecule has 31 heavy (non-hydrogen) atoms. The van der Waals surface area contributed by atoms with Gasteiger partial charge in [0.1, 0.15) is 21.8 Å². The quantitative estimate of drug-likeness (QED) is 0.444. The van der Waals surface area contributed by atoms with E-state index in [-0.39, 0.29) is 33.1 Å². The second kappa shape index (κ2) is 7.80. The smallest absolute Gasteiger partial charge is 0.339 e. The number of hydrogen-bond acceptors (Lipinski definition) is 6. The summed E-state index contributed by atoms with van der Waals surface area (Å²) in [5.74, 6) is -4.19. The molecule has 0 aliphatic rings. The van der Waals surface area contributed by atoms with Crippen LogP contribution in [-0.4, -0.2) is 29.1 Å². The molecule has 0 aliphatic carbocycles. The van der Waals surface area contributed by atoms with Gasteiger partial charge in [-0.1, -0.05) is 12.1 Å². The number of amides is 1. The molecular formula is C21H14F2N2O5S. The second-order valence-corrected chi connectivity index (χ2v) is 7.40. The van der Waals surface area contributed by atoms with Crippen molar-refractivity contribution in [1.82, 2.24) is 4.98 Å². The molecule has 4 aromatic rings. The third kappa shape index (κ3) is 3.61. The lowest BCUT2D eigenvalue weighted by Gasteiger charge is -2.07. The number of carbonyl (C=O) groups excluding carboxylic acids is 1. The Labute approximate surface area is 177 Å². The molecule has 0 atom stereocenters. The van der Waals surface area contributed by atoms with E-state index in [4.69, 9.17) is 9.15 Å². The summed E-state index contributed by atoms with van der Waals surface area (Å²) in [5, 5.41) is 13.4. The minimum absolute atomic E-state index is 0.0495. The molecule has 0 unspecified atom stereocenters. The third-order valence-electron chi connectivity index (χ3n) is 4.59. The first kappa shape index (κ1) is 20.5. The maximum Gasteiger partial charge on any atom is 0.339 e. The standard InChI is InChI=1S/C21H14F2N2O5S/c1-9-3-5-11(17(23)16(9)22)12-8-31-20(15(12)21(27)28)25-18(26)19-24-13-7-10(29-2)4-6-14(13)30-19/h3-8H,1-2H3,(H,25,26)(H,27,28). The Bertz CT molecular complexity index is 1350. The number of hydrogen-bond donors (Lipinski definition) is 2. The van der Waals surface area contributed by atoms with Crippen LogP contribution < -0.4 is 10.1 Å². The lowest BCUT2D eigenvalue weighted by atomic mass is 10.0. The van der Waals surface area contributed by atoms with Gasteiger partial charge in [-0.2, -0.15) is 0 Å². The number of oxazole rings is 1. The van der Waals surface area contributed by atoms with E-state index in [2.05, 4.69) is 10.3 Å². The largest absolute Gasteiger partial charge is 0.497 e. The molecule has 158 valence electrons. The highest BCUT2D eigenvalue weighted by molar-refractivity contribution is 7.15. The van der Waals surface area contributed by atoms with Gasteiger partial charge in [-0.3, -0.25) is 4.79 Å². The lowest BCUT2D eigenvalue weighted by Crippen LogP contribution is -2.14. The maximum atomic E-state index is 14.4. The first-order chi connectivity index (χ1) is 14.8. The monoisotopic (exact) mass is 444 g/mol. The number of aromatic carboxylic acids is 1. The lowest BCUT2D eigenvalue weighted by molar-refractivity contribution is 0.0699. The number of benzene rings is 2. The van der Waals surface area contributed by atoms with E-state index in [0.717, 1.165) is 11.3 Å². The van der Waals surface area contributed by atoms with Gasteiger partial charge in [0.05, 0.1) is 7.11 Å². The number of fused-ring (bicyclic) bond motifs is 1. The van der Waals surface area contributed by atoms with Crippen molar-refractivity contribution in [3.63, 3.8) is 0 Å². The number of rotatable bonds is 5. The molecule has 0 saturated heterocycles. The predicted molar refractivity (Wildman–Crippen MR) is 110 cm³/mol. The molecule has 4 rings (SSSR count). The van der Waals surface area contributed by atoms with Gasteiger partial charge < -0.3 is 19.6 Å². The molecule has 2 N–H and O–H groups in total. The number of nitrogens with one attached hydrogen (secondary N) is 1. The number of aryl methyl sites for hydroxylation is 1. The van der Waals surface area contributed by atoms with Gasteiger partial charge in [0.2, 0.25) is 0 Å². The summed E-state index contributed by atoms with van der Waals surface area (Å²) >= 11 is 0.863. The Morgan fingerprint density at radius 2 is 1.94 bits per heavy atom. The van der Waals surface area contributed by atoms with Crippen LogP contribution in [0.5, 0.6) is 5.75 Å². The van der Waals surface area contributed by atoms with Gasteiger partial charge in [-0.05, 0) is 24.6 Å². The molecule has 2 heterocycles. The predicted octanol–water partition coefficient (Wildman–Crippen LogP) is 5.10. The highest BCUT2D eigenvalue weighted by atomic mass is 32.1. The number of carboxylic acids is 1. The highest BCUT2D eigenvalue weighted by Gasteiger charge is 2.26. The molecular weight excluding hydrogens is 430 g/mol. The van der Waals surface area contributed by atoms with E-state index in [9.17, 15) is 23.5 Å². The Balaban J connectivity index is 1.70. The third-order valence-corrected chi connectivity index (χ3v) is 5.48. The molecule has 2 aromatic heterocycles. The molecule has 0 fully saturated rings. The molecule has 0 saturated carbocycles. The van der Waals surface area contributed by atoms with Crippen molar-refractivity contribution in [3.8, 4) is 16.9 Å². The SMILES string of the molecule is COc1ccc2oc(C(=O)Nc3scc(-c4ccc(C)c(F)c4F)c3C(=O)O)nc2c1. The van der Waals surface area contributed by atoms with Crippen molar-refractivity contribution in [1.29, 1.82) is 0 Å². The van der Waals surface area contributed by atoms with Crippen LogP contribution in [0.2, 0.25) is 0 Å². The average molecular weight is 444 g/mol. The van der Waals surface area contributed by atoms with Gasteiger partial charge in [0.25, 0.3) is 5.89 Å². The summed E-state index contributed by atoms with van der Waals surface area (Å²) in [5.41, 5.74) is 0.186. The molecule has 0 spiro atoms. The molecule has 0 radical (unpaired) electrons. The normalized spacial score (nSPS) is 11.0. The number of nitrogens with zero attached hydrogens (tertiary/aromatic N) is 1. The van der Waals surface area contributed by atoms with E-state index in [1.54, 1.807) is 18.2 Å². The van der Waals surface area contributed by atoms with Crippen LogP contribution in [0.1, 0.15) is 26.6 Å². The number of aromatic nitrogens is 1. The first-order valence-electron chi connectivity index (χ1n) is 8.85. The molecule has 2 aromatic carbocycles. The second-order valence-electron chi connectivity index (χ2n) is 6.52. The summed E-state index contributed by atoms with van der Waals surface area (Å²) in [6.45, 7) is 1.40. The topological polar surface area (TPSA) is 102 Å².